The SMILES string of the molecule is CC1CCCN1C(=O)C1CCN(S(=O)(=O)c2ccc(C(=O)O)cc2)CC1. The van der Waals surface area contributed by atoms with Crippen molar-refractivity contribution in [2.75, 3.05) is 19.6 Å². The van der Waals surface area contributed by atoms with Crippen LogP contribution in [0.15, 0.2) is 29.2 Å². The number of sulfonamides is 1. The first-order chi connectivity index (χ1) is 12.3. The zero-order valence-electron chi connectivity index (χ0n) is 14.8. The lowest BCUT2D eigenvalue weighted by Crippen LogP contribution is -2.45. The van der Waals surface area contributed by atoms with Crippen LogP contribution in [0.1, 0.15) is 43.0 Å². The Morgan fingerprint density at radius 3 is 2.15 bits per heavy atom. The molecule has 142 valence electrons. The van der Waals surface area contributed by atoms with Crippen LogP contribution < -0.4 is 0 Å². The largest absolute Gasteiger partial charge is 0.478 e. The van der Waals surface area contributed by atoms with Gasteiger partial charge in [0.15, 0.2) is 0 Å². The fraction of sp³-hybridized carbons (Fsp3) is 0.556. The Hall–Kier alpha value is -1.93. The Kier molecular flexibility index (Phi) is 5.34. The molecule has 1 aromatic carbocycles. The van der Waals surface area contributed by atoms with Gasteiger partial charge in [-0.2, -0.15) is 4.31 Å². The van der Waals surface area contributed by atoms with Gasteiger partial charge in [0.05, 0.1) is 10.5 Å². The summed E-state index contributed by atoms with van der Waals surface area (Å²) in [5.41, 5.74) is 0.0491. The number of carboxylic acids is 1. The van der Waals surface area contributed by atoms with E-state index in [0.29, 0.717) is 25.9 Å². The number of carbonyl (C=O) groups excluding carboxylic acids is 1. The van der Waals surface area contributed by atoms with E-state index in [1.54, 1.807) is 0 Å². The number of amides is 1. The molecular formula is C18H24N2O5S. The number of piperidine rings is 1. The summed E-state index contributed by atoms with van der Waals surface area (Å²) in [4.78, 5) is 25.6. The highest BCUT2D eigenvalue weighted by Crippen LogP contribution is 2.28. The summed E-state index contributed by atoms with van der Waals surface area (Å²) in [7, 11) is -3.67. The molecule has 2 aliphatic rings. The summed E-state index contributed by atoms with van der Waals surface area (Å²) in [6.45, 7) is 3.48. The number of rotatable bonds is 4. The fourth-order valence-electron chi connectivity index (χ4n) is 3.76. The Morgan fingerprint density at radius 2 is 1.65 bits per heavy atom. The summed E-state index contributed by atoms with van der Waals surface area (Å²) in [6, 6.07) is 5.50. The molecular weight excluding hydrogens is 356 g/mol. The zero-order valence-corrected chi connectivity index (χ0v) is 15.6. The molecule has 0 bridgehead atoms. The van der Waals surface area contributed by atoms with E-state index in [1.807, 2.05) is 4.90 Å². The van der Waals surface area contributed by atoms with Crippen molar-refractivity contribution in [1.82, 2.24) is 9.21 Å². The van der Waals surface area contributed by atoms with Gasteiger partial charge in [-0.15, -0.1) is 0 Å². The van der Waals surface area contributed by atoms with Crippen molar-refractivity contribution in [3.63, 3.8) is 0 Å². The Morgan fingerprint density at radius 1 is 1.04 bits per heavy atom. The number of aromatic carboxylic acids is 1. The molecule has 2 fully saturated rings. The van der Waals surface area contributed by atoms with Crippen LogP contribution in [0.2, 0.25) is 0 Å². The summed E-state index contributed by atoms with van der Waals surface area (Å²) < 4.78 is 26.9. The summed E-state index contributed by atoms with van der Waals surface area (Å²) >= 11 is 0. The number of hydrogen-bond donors (Lipinski definition) is 1. The molecule has 2 saturated heterocycles. The van der Waals surface area contributed by atoms with E-state index >= 15 is 0 Å². The van der Waals surface area contributed by atoms with Crippen LogP contribution in [-0.2, 0) is 14.8 Å². The number of likely N-dealkylation sites (tertiary alicyclic amines) is 1. The highest BCUT2D eigenvalue weighted by atomic mass is 32.2. The minimum Gasteiger partial charge on any atom is -0.478 e. The van der Waals surface area contributed by atoms with Crippen LogP contribution in [0.4, 0.5) is 0 Å². The summed E-state index contributed by atoms with van der Waals surface area (Å²) in [6.07, 6.45) is 3.11. The van der Waals surface area contributed by atoms with Gasteiger partial charge in [0.25, 0.3) is 0 Å². The molecule has 1 amide bonds. The molecule has 1 aromatic rings. The van der Waals surface area contributed by atoms with Crippen LogP contribution in [0.5, 0.6) is 0 Å². The van der Waals surface area contributed by atoms with Gasteiger partial charge in [0, 0.05) is 31.6 Å². The molecule has 2 aliphatic heterocycles. The topological polar surface area (TPSA) is 95.0 Å². The Bertz CT molecular complexity index is 782. The molecule has 3 rings (SSSR count). The van der Waals surface area contributed by atoms with Crippen LogP contribution in [-0.4, -0.2) is 60.3 Å². The first-order valence-corrected chi connectivity index (χ1v) is 10.4. The van der Waals surface area contributed by atoms with Gasteiger partial charge in [-0.25, -0.2) is 13.2 Å². The van der Waals surface area contributed by atoms with Crippen LogP contribution >= 0.6 is 0 Å². The number of nitrogens with zero attached hydrogens (tertiary/aromatic N) is 2. The van der Waals surface area contributed by atoms with Gasteiger partial charge < -0.3 is 10.0 Å². The monoisotopic (exact) mass is 380 g/mol. The van der Waals surface area contributed by atoms with Crippen LogP contribution in [0.3, 0.4) is 0 Å². The van der Waals surface area contributed by atoms with E-state index in [0.717, 1.165) is 19.4 Å². The lowest BCUT2D eigenvalue weighted by Gasteiger charge is -2.33. The second kappa shape index (κ2) is 7.36. The third-order valence-electron chi connectivity index (χ3n) is 5.38. The van der Waals surface area contributed by atoms with Crippen molar-refractivity contribution in [3.05, 3.63) is 29.8 Å². The molecule has 0 spiro atoms. The molecule has 0 radical (unpaired) electrons. The molecule has 2 heterocycles. The van der Waals surface area contributed by atoms with Crippen molar-refractivity contribution in [1.29, 1.82) is 0 Å². The van der Waals surface area contributed by atoms with Gasteiger partial charge in [-0.05, 0) is 56.9 Å². The predicted molar refractivity (Wildman–Crippen MR) is 95.3 cm³/mol. The van der Waals surface area contributed by atoms with E-state index in [-0.39, 0.29) is 28.3 Å². The lowest BCUT2D eigenvalue weighted by atomic mass is 9.96. The van der Waals surface area contributed by atoms with Crippen molar-refractivity contribution in [2.24, 2.45) is 5.92 Å². The van der Waals surface area contributed by atoms with Crippen LogP contribution in [0.25, 0.3) is 0 Å². The second-order valence-electron chi connectivity index (χ2n) is 7.03. The molecule has 0 aromatic heterocycles. The standard InChI is InChI=1S/C18H24N2O5S/c1-13-3-2-10-20(13)17(21)14-8-11-19(12-9-14)26(24,25)16-6-4-15(5-7-16)18(22)23/h4-7,13-14H,2-3,8-12H2,1H3,(H,22,23). The Labute approximate surface area is 153 Å². The van der Waals surface area contributed by atoms with Crippen LogP contribution in [0, 0.1) is 5.92 Å². The molecule has 1 atom stereocenters. The van der Waals surface area contributed by atoms with Gasteiger partial charge >= 0.3 is 5.97 Å². The quantitative estimate of drug-likeness (QED) is 0.859. The Balaban J connectivity index is 1.65. The van der Waals surface area contributed by atoms with Crippen molar-refractivity contribution < 1.29 is 23.1 Å². The predicted octanol–water partition coefficient (Wildman–Crippen LogP) is 1.80. The minimum atomic E-state index is -3.67. The molecule has 26 heavy (non-hydrogen) atoms. The minimum absolute atomic E-state index is 0.0491. The molecule has 0 aliphatic carbocycles. The third kappa shape index (κ3) is 3.61. The van der Waals surface area contributed by atoms with E-state index in [1.165, 1.54) is 28.6 Å². The van der Waals surface area contributed by atoms with E-state index < -0.39 is 16.0 Å². The van der Waals surface area contributed by atoms with Gasteiger partial charge in [0.1, 0.15) is 0 Å². The van der Waals surface area contributed by atoms with Crippen molar-refractivity contribution >= 4 is 21.9 Å². The maximum Gasteiger partial charge on any atom is 0.335 e. The van der Waals surface area contributed by atoms with Gasteiger partial charge in [-0.1, -0.05) is 0 Å². The first kappa shape index (κ1) is 18.8. The second-order valence-corrected chi connectivity index (χ2v) is 8.97. The summed E-state index contributed by atoms with van der Waals surface area (Å²) in [5.74, 6) is -1.06. The maximum absolute atomic E-state index is 12.7. The molecule has 0 saturated carbocycles. The molecule has 1 N–H and O–H groups in total. The van der Waals surface area contributed by atoms with E-state index in [4.69, 9.17) is 5.11 Å². The lowest BCUT2D eigenvalue weighted by molar-refractivity contribution is -0.137. The number of hydrogen-bond acceptors (Lipinski definition) is 4. The average molecular weight is 380 g/mol. The van der Waals surface area contributed by atoms with Gasteiger partial charge in [-0.3, -0.25) is 4.79 Å². The van der Waals surface area contributed by atoms with E-state index in [2.05, 4.69) is 6.92 Å². The van der Waals surface area contributed by atoms with E-state index in [9.17, 15) is 18.0 Å². The number of carboxylic acid groups (broad SMARTS) is 1. The van der Waals surface area contributed by atoms with Crippen molar-refractivity contribution in [2.45, 2.75) is 43.5 Å². The highest BCUT2D eigenvalue weighted by molar-refractivity contribution is 7.89. The molecule has 8 heteroatoms. The molecule has 7 nitrogen and oxygen atoms in total. The maximum atomic E-state index is 12.7. The number of benzene rings is 1. The first-order valence-electron chi connectivity index (χ1n) is 8.94. The van der Waals surface area contributed by atoms with Crippen molar-refractivity contribution in [3.8, 4) is 0 Å². The highest BCUT2D eigenvalue weighted by Gasteiger charge is 2.36. The smallest absolute Gasteiger partial charge is 0.335 e. The summed E-state index contributed by atoms with van der Waals surface area (Å²) in [5, 5.41) is 8.92. The third-order valence-corrected chi connectivity index (χ3v) is 7.29. The number of carbonyl (C=O) groups is 2. The average Bonchev–Trinajstić information content (AvgIpc) is 3.07. The normalized spacial score (nSPS) is 22.5. The molecule has 1 unspecified atom stereocenters. The zero-order chi connectivity index (χ0) is 18.9. The fourth-order valence-corrected chi connectivity index (χ4v) is 5.23. The van der Waals surface area contributed by atoms with Gasteiger partial charge in [0.2, 0.25) is 15.9 Å².